The first-order valence-corrected chi connectivity index (χ1v) is 9.30. The molecule has 27 heavy (non-hydrogen) atoms. The normalized spacial score (nSPS) is 16.5. The van der Waals surface area contributed by atoms with E-state index in [2.05, 4.69) is 53.5 Å². The molecule has 0 unspecified atom stereocenters. The molecule has 1 heterocycles. The van der Waals surface area contributed by atoms with Gasteiger partial charge in [0.15, 0.2) is 11.5 Å². The number of fused-ring (bicyclic) bond motifs is 1. The minimum absolute atomic E-state index is 0.0156. The summed E-state index contributed by atoms with van der Waals surface area (Å²) in [6.07, 6.45) is 0.943. The van der Waals surface area contributed by atoms with E-state index in [-0.39, 0.29) is 11.9 Å². The number of ether oxygens (including phenoxy) is 2. The molecule has 0 radical (unpaired) electrons. The number of hydrogen-bond donors (Lipinski definition) is 1. The lowest BCUT2D eigenvalue weighted by molar-refractivity contribution is -0.119. The SMILES string of the molecule is COc1cc2c(cc1OC)[C@@H](CNC(C)=O)N(Cc1cccc(C)c1)CC2. The Morgan fingerprint density at radius 3 is 2.59 bits per heavy atom. The summed E-state index contributed by atoms with van der Waals surface area (Å²) in [5.41, 5.74) is 4.99. The highest BCUT2D eigenvalue weighted by Gasteiger charge is 2.29. The fourth-order valence-electron chi connectivity index (χ4n) is 3.79. The van der Waals surface area contributed by atoms with E-state index in [4.69, 9.17) is 9.47 Å². The summed E-state index contributed by atoms with van der Waals surface area (Å²) in [6.45, 7) is 6.02. The first-order valence-electron chi connectivity index (χ1n) is 9.30. The number of carbonyl (C=O) groups is 1. The van der Waals surface area contributed by atoms with E-state index in [1.807, 2.05) is 0 Å². The van der Waals surface area contributed by atoms with E-state index in [9.17, 15) is 4.79 Å². The molecule has 1 amide bonds. The van der Waals surface area contributed by atoms with Gasteiger partial charge in [0.05, 0.1) is 20.3 Å². The third-order valence-corrected chi connectivity index (χ3v) is 5.13. The molecule has 0 spiro atoms. The average Bonchev–Trinajstić information content (AvgIpc) is 2.65. The molecule has 5 nitrogen and oxygen atoms in total. The van der Waals surface area contributed by atoms with Crippen molar-refractivity contribution in [3.05, 3.63) is 58.7 Å². The van der Waals surface area contributed by atoms with Crippen molar-refractivity contribution in [2.75, 3.05) is 27.3 Å². The lowest BCUT2D eigenvalue weighted by atomic mass is 9.91. The fraction of sp³-hybridized carbons (Fsp3) is 0.409. The van der Waals surface area contributed by atoms with E-state index >= 15 is 0 Å². The monoisotopic (exact) mass is 368 g/mol. The molecule has 0 fully saturated rings. The van der Waals surface area contributed by atoms with Gasteiger partial charge in [-0.3, -0.25) is 9.69 Å². The minimum atomic E-state index is -0.0156. The number of aryl methyl sites for hydroxylation is 1. The molecule has 1 atom stereocenters. The standard InChI is InChI=1S/C22H28N2O3/c1-15-6-5-7-17(10-15)14-24-9-8-18-11-21(26-3)22(27-4)12-19(18)20(24)13-23-16(2)25/h5-7,10-12,20H,8-9,13-14H2,1-4H3,(H,23,25)/t20-/m1/s1. The first kappa shape index (κ1) is 19.2. The van der Waals surface area contributed by atoms with Crippen molar-refractivity contribution in [2.45, 2.75) is 32.9 Å². The van der Waals surface area contributed by atoms with E-state index in [0.717, 1.165) is 31.0 Å². The molecule has 3 rings (SSSR count). The van der Waals surface area contributed by atoms with E-state index in [0.29, 0.717) is 6.54 Å². The molecule has 2 aromatic rings. The van der Waals surface area contributed by atoms with Crippen LogP contribution in [0.1, 0.15) is 35.2 Å². The predicted molar refractivity (Wildman–Crippen MR) is 106 cm³/mol. The number of nitrogens with one attached hydrogen (secondary N) is 1. The molecule has 1 aliphatic heterocycles. The summed E-state index contributed by atoms with van der Waals surface area (Å²) in [5, 5.41) is 3.00. The van der Waals surface area contributed by atoms with Crippen LogP contribution < -0.4 is 14.8 Å². The first-order chi connectivity index (χ1) is 13.0. The molecule has 144 valence electrons. The van der Waals surface area contributed by atoms with Gasteiger partial charge in [-0.2, -0.15) is 0 Å². The van der Waals surface area contributed by atoms with E-state index < -0.39 is 0 Å². The molecule has 0 aliphatic carbocycles. The van der Waals surface area contributed by atoms with Crippen LogP contribution >= 0.6 is 0 Å². The number of rotatable bonds is 6. The van der Waals surface area contributed by atoms with E-state index in [1.54, 1.807) is 21.1 Å². The van der Waals surface area contributed by atoms with Crippen LogP contribution in [-0.4, -0.2) is 38.1 Å². The number of amides is 1. The summed E-state index contributed by atoms with van der Waals surface area (Å²) in [5.74, 6) is 1.46. The largest absolute Gasteiger partial charge is 0.493 e. The Balaban J connectivity index is 1.94. The topological polar surface area (TPSA) is 50.8 Å². The van der Waals surface area contributed by atoms with E-state index in [1.165, 1.54) is 22.3 Å². The summed E-state index contributed by atoms with van der Waals surface area (Å²) in [4.78, 5) is 14.0. The van der Waals surface area contributed by atoms with Crippen LogP contribution in [0.15, 0.2) is 36.4 Å². The highest BCUT2D eigenvalue weighted by molar-refractivity contribution is 5.72. The van der Waals surface area contributed by atoms with Gasteiger partial charge in [0.2, 0.25) is 5.91 Å². The zero-order valence-corrected chi connectivity index (χ0v) is 16.5. The lowest BCUT2D eigenvalue weighted by Crippen LogP contribution is -2.41. The molecule has 0 saturated carbocycles. The van der Waals surface area contributed by atoms with Crippen molar-refractivity contribution in [3.63, 3.8) is 0 Å². The van der Waals surface area contributed by atoms with Crippen molar-refractivity contribution in [3.8, 4) is 11.5 Å². The zero-order valence-electron chi connectivity index (χ0n) is 16.5. The van der Waals surface area contributed by atoms with Gasteiger partial charge in [0.25, 0.3) is 0 Å². The van der Waals surface area contributed by atoms with Crippen LogP contribution in [0.2, 0.25) is 0 Å². The van der Waals surface area contributed by atoms with Gasteiger partial charge in [-0.15, -0.1) is 0 Å². The zero-order chi connectivity index (χ0) is 19.4. The van der Waals surface area contributed by atoms with Crippen LogP contribution in [0.3, 0.4) is 0 Å². The van der Waals surface area contributed by atoms with Crippen LogP contribution in [-0.2, 0) is 17.8 Å². The van der Waals surface area contributed by atoms with Gasteiger partial charge in [-0.25, -0.2) is 0 Å². The highest BCUT2D eigenvalue weighted by atomic mass is 16.5. The van der Waals surface area contributed by atoms with Gasteiger partial charge in [-0.1, -0.05) is 29.8 Å². The lowest BCUT2D eigenvalue weighted by Gasteiger charge is -2.38. The maximum atomic E-state index is 11.6. The molecule has 0 bridgehead atoms. The van der Waals surface area contributed by atoms with Crippen LogP contribution in [0.5, 0.6) is 11.5 Å². The Bertz CT molecular complexity index is 819. The summed E-state index contributed by atoms with van der Waals surface area (Å²) < 4.78 is 11.0. The number of carbonyl (C=O) groups excluding carboxylic acids is 1. The van der Waals surface area contributed by atoms with Crippen molar-refractivity contribution in [2.24, 2.45) is 0 Å². The van der Waals surface area contributed by atoms with Gasteiger partial charge < -0.3 is 14.8 Å². The number of nitrogens with zero attached hydrogens (tertiary/aromatic N) is 1. The van der Waals surface area contributed by atoms with Gasteiger partial charge in [-0.05, 0) is 42.2 Å². The molecule has 5 heteroatoms. The van der Waals surface area contributed by atoms with Crippen molar-refractivity contribution >= 4 is 5.91 Å². The molecule has 2 aromatic carbocycles. The van der Waals surface area contributed by atoms with Crippen molar-refractivity contribution < 1.29 is 14.3 Å². The Morgan fingerprint density at radius 2 is 1.93 bits per heavy atom. The predicted octanol–water partition coefficient (Wildman–Crippen LogP) is 3.25. The quantitative estimate of drug-likeness (QED) is 0.850. The third kappa shape index (κ3) is 4.42. The molecule has 0 aromatic heterocycles. The maximum absolute atomic E-state index is 11.6. The summed E-state index contributed by atoms with van der Waals surface area (Å²) in [6, 6.07) is 12.8. The Labute approximate surface area is 161 Å². The summed E-state index contributed by atoms with van der Waals surface area (Å²) >= 11 is 0. The van der Waals surface area contributed by atoms with Crippen LogP contribution in [0, 0.1) is 6.92 Å². The molecule has 1 N–H and O–H groups in total. The number of hydrogen-bond acceptors (Lipinski definition) is 4. The number of methoxy groups -OCH3 is 2. The molecular weight excluding hydrogens is 340 g/mol. The fourth-order valence-corrected chi connectivity index (χ4v) is 3.79. The van der Waals surface area contributed by atoms with Gasteiger partial charge in [0, 0.05) is 26.6 Å². The Hall–Kier alpha value is -2.53. The average molecular weight is 368 g/mol. The highest BCUT2D eigenvalue weighted by Crippen LogP contribution is 2.38. The second-order valence-electron chi connectivity index (χ2n) is 7.07. The number of benzene rings is 2. The Kier molecular flexibility index (Phi) is 6.01. The Morgan fingerprint density at radius 1 is 1.19 bits per heavy atom. The second-order valence-corrected chi connectivity index (χ2v) is 7.07. The van der Waals surface area contributed by atoms with Crippen LogP contribution in [0.25, 0.3) is 0 Å². The molecule has 1 aliphatic rings. The van der Waals surface area contributed by atoms with Crippen LogP contribution in [0.4, 0.5) is 0 Å². The summed E-state index contributed by atoms with van der Waals surface area (Å²) in [7, 11) is 3.31. The van der Waals surface area contributed by atoms with Gasteiger partial charge >= 0.3 is 0 Å². The maximum Gasteiger partial charge on any atom is 0.216 e. The minimum Gasteiger partial charge on any atom is -0.493 e. The smallest absolute Gasteiger partial charge is 0.216 e. The molecular formula is C22H28N2O3. The van der Waals surface area contributed by atoms with Crippen molar-refractivity contribution in [1.29, 1.82) is 0 Å². The third-order valence-electron chi connectivity index (χ3n) is 5.13. The van der Waals surface area contributed by atoms with Crippen molar-refractivity contribution in [1.82, 2.24) is 10.2 Å². The molecule has 0 saturated heterocycles. The van der Waals surface area contributed by atoms with Gasteiger partial charge in [0.1, 0.15) is 0 Å². The second kappa shape index (κ2) is 8.44.